The van der Waals surface area contributed by atoms with Crippen molar-refractivity contribution in [2.24, 2.45) is 0 Å². The van der Waals surface area contributed by atoms with Gasteiger partial charge in [-0.3, -0.25) is 9.59 Å². The van der Waals surface area contributed by atoms with Gasteiger partial charge in [0.25, 0.3) is 5.56 Å². The second kappa shape index (κ2) is 5.59. The lowest BCUT2D eigenvalue weighted by Gasteiger charge is -2.39. The van der Waals surface area contributed by atoms with Crippen LogP contribution >= 0.6 is 0 Å². The summed E-state index contributed by atoms with van der Waals surface area (Å²) in [5.41, 5.74) is 0.600. The van der Waals surface area contributed by atoms with Gasteiger partial charge in [-0.05, 0) is 46.1 Å². The lowest BCUT2D eigenvalue weighted by molar-refractivity contribution is -0.138. The highest BCUT2D eigenvalue weighted by Gasteiger charge is 2.28. The fourth-order valence-electron chi connectivity index (χ4n) is 2.92. The molecule has 1 aromatic rings. The zero-order chi connectivity index (χ0) is 14.0. The molecule has 0 saturated carbocycles. The summed E-state index contributed by atoms with van der Waals surface area (Å²) in [6.07, 6.45) is 4.97. The van der Waals surface area contributed by atoms with Gasteiger partial charge in [-0.2, -0.15) is 0 Å². The van der Waals surface area contributed by atoms with E-state index in [4.69, 9.17) is 0 Å². The second-order valence-corrected chi connectivity index (χ2v) is 5.55. The fourth-order valence-corrected chi connectivity index (χ4v) is 2.92. The summed E-state index contributed by atoms with van der Waals surface area (Å²) in [5.74, 6) is 0.0485. The number of likely N-dealkylation sites (tertiary alicyclic amines) is 1. The molecule has 1 aromatic heterocycles. The van der Waals surface area contributed by atoms with Crippen LogP contribution in [0, 0.1) is 6.92 Å². The molecule has 4 nitrogen and oxygen atoms in total. The van der Waals surface area contributed by atoms with Crippen molar-refractivity contribution < 1.29 is 4.79 Å². The van der Waals surface area contributed by atoms with E-state index >= 15 is 0 Å². The molecule has 104 valence electrons. The Kier molecular flexibility index (Phi) is 4.08. The molecule has 1 amide bonds. The zero-order valence-corrected chi connectivity index (χ0v) is 11.9. The van der Waals surface area contributed by atoms with Gasteiger partial charge in [0.2, 0.25) is 5.91 Å². The summed E-state index contributed by atoms with van der Waals surface area (Å²) in [6, 6.07) is 4.14. The van der Waals surface area contributed by atoms with Gasteiger partial charge in [0.05, 0.1) is 0 Å². The second-order valence-electron chi connectivity index (χ2n) is 5.55. The first-order valence-electron chi connectivity index (χ1n) is 6.98. The predicted molar refractivity (Wildman–Crippen MR) is 75.1 cm³/mol. The van der Waals surface area contributed by atoms with Crippen molar-refractivity contribution in [3.63, 3.8) is 0 Å². The van der Waals surface area contributed by atoms with Gasteiger partial charge < -0.3 is 9.47 Å². The Morgan fingerprint density at radius 2 is 1.95 bits per heavy atom. The van der Waals surface area contributed by atoms with Crippen molar-refractivity contribution >= 4 is 5.91 Å². The minimum absolute atomic E-state index is 0.0485. The van der Waals surface area contributed by atoms with E-state index < -0.39 is 0 Å². The normalized spacial score (nSPS) is 23.4. The van der Waals surface area contributed by atoms with E-state index in [1.54, 1.807) is 19.2 Å². The molecule has 0 spiro atoms. The number of aryl methyl sites for hydroxylation is 1. The largest absolute Gasteiger partial charge is 0.336 e. The minimum atomic E-state index is -0.0758. The number of aromatic nitrogens is 1. The van der Waals surface area contributed by atoms with Gasteiger partial charge in [0.15, 0.2) is 0 Å². The van der Waals surface area contributed by atoms with E-state index in [1.165, 1.54) is 11.0 Å². The maximum Gasteiger partial charge on any atom is 0.253 e. The van der Waals surface area contributed by atoms with E-state index in [-0.39, 0.29) is 30.1 Å². The summed E-state index contributed by atoms with van der Waals surface area (Å²) in [5, 5.41) is 0. The number of rotatable bonds is 2. The molecule has 2 heterocycles. The van der Waals surface area contributed by atoms with Gasteiger partial charge in [0, 0.05) is 23.8 Å². The number of nitrogens with zero attached hydrogens (tertiary/aromatic N) is 2. The molecule has 2 rings (SSSR count). The summed E-state index contributed by atoms with van der Waals surface area (Å²) in [7, 11) is 0. The Hall–Kier alpha value is -1.58. The van der Waals surface area contributed by atoms with Crippen LogP contribution in [0.3, 0.4) is 0 Å². The number of piperidine rings is 1. The summed E-state index contributed by atoms with van der Waals surface area (Å²) < 4.78 is 1.51. The fraction of sp³-hybridized carbons (Fsp3) is 0.600. The predicted octanol–water partition coefficient (Wildman–Crippen LogP) is 1.95. The standard InChI is InChI=1S/C15H22N2O2/c1-11-6-5-9-16(15(11)19)10-14(18)17-12(2)7-4-8-13(17)3/h5-6,9,12-13H,4,7-8,10H2,1-3H3/t12-,13-/m1/s1. The van der Waals surface area contributed by atoms with E-state index in [1.807, 2.05) is 11.0 Å². The van der Waals surface area contributed by atoms with Crippen LogP contribution in [0.15, 0.2) is 23.1 Å². The smallest absolute Gasteiger partial charge is 0.253 e. The molecule has 0 aromatic carbocycles. The van der Waals surface area contributed by atoms with Crippen molar-refractivity contribution in [1.82, 2.24) is 9.47 Å². The van der Waals surface area contributed by atoms with E-state index in [0.717, 1.165) is 12.8 Å². The van der Waals surface area contributed by atoms with Crippen molar-refractivity contribution in [1.29, 1.82) is 0 Å². The first-order valence-corrected chi connectivity index (χ1v) is 6.98. The summed E-state index contributed by atoms with van der Waals surface area (Å²) in [4.78, 5) is 26.3. The van der Waals surface area contributed by atoms with Gasteiger partial charge in [-0.15, -0.1) is 0 Å². The first-order chi connectivity index (χ1) is 9.00. The van der Waals surface area contributed by atoms with Crippen LogP contribution in [0.5, 0.6) is 0 Å². The number of amides is 1. The number of hydrogen-bond acceptors (Lipinski definition) is 2. The van der Waals surface area contributed by atoms with Gasteiger partial charge in [-0.25, -0.2) is 0 Å². The van der Waals surface area contributed by atoms with Gasteiger partial charge in [0.1, 0.15) is 6.54 Å². The van der Waals surface area contributed by atoms with Crippen molar-refractivity contribution in [2.75, 3.05) is 0 Å². The number of hydrogen-bond donors (Lipinski definition) is 0. The molecule has 0 N–H and O–H groups in total. The average molecular weight is 262 g/mol. The monoisotopic (exact) mass is 262 g/mol. The van der Waals surface area contributed by atoms with Crippen LogP contribution in [-0.2, 0) is 11.3 Å². The van der Waals surface area contributed by atoms with Crippen LogP contribution in [0.4, 0.5) is 0 Å². The topological polar surface area (TPSA) is 42.3 Å². The highest BCUT2D eigenvalue weighted by atomic mass is 16.2. The molecular formula is C15H22N2O2. The Balaban J connectivity index is 2.16. The summed E-state index contributed by atoms with van der Waals surface area (Å²) in [6.45, 7) is 6.10. The van der Waals surface area contributed by atoms with Crippen LogP contribution in [-0.4, -0.2) is 27.5 Å². The SMILES string of the molecule is Cc1cccn(CC(=O)N2[C@H](C)CCC[C@H]2C)c1=O. The molecule has 4 heteroatoms. The molecule has 0 aliphatic carbocycles. The number of carbonyl (C=O) groups is 1. The molecule has 1 aliphatic rings. The van der Waals surface area contributed by atoms with Crippen LogP contribution in [0.1, 0.15) is 38.7 Å². The van der Waals surface area contributed by atoms with Crippen LogP contribution < -0.4 is 5.56 Å². The quantitative estimate of drug-likeness (QED) is 0.817. The molecule has 0 bridgehead atoms. The third-order valence-electron chi connectivity index (χ3n) is 4.00. The molecule has 0 radical (unpaired) electrons. The lowest BCUT2D eigenvalue weighted by Crippen LogP contribution is -2.49. The molecule has 1 fully saturated rings. The Bertz CT molecular complexity index is 511. The number of carbonyl (C=O) groups excluding carboxylic acids is 1. The van der Waals surface area contributed by atoms with E-state index in [2.05, 4.69) is 13.8 Å². The molecule has 0 unspecified atom stereocenters. The molecule has 1 aliphatic heterocycles. The first kappa shape index (κ1) is 13.8. The molecule has 2 atom stereocenters. The third-order valence-corrected chi connectivity index (χ3v) is 4.00. The highest BCUT2D eigenvalue weighted by molar-refractivity contribution is 5.76. The Morgan fingerprint density at radius 3 is 2.58 bits per heavy atom. The Labute approximate surface area is 114 Å². The maximum absolute atomic E-state index is 12.4. The average Bonchev–Trinajstić information content (AvgIpc) is 2.35. The van der Waals surface area contributed by atoms with Crippen LogP contribution in [0.2, 0.25) is 0 Å². The van der Waals surface area contributed by atoms with Crippen LogP contribution in [0.25, 0.3) is 0 Å². The zero-order valence-electron chi connectivity index (χ0n) is 11.9. The minimum Gasteiger partial charge on any atom is -0.336 e. The van der Waals surface area contributed by atoms with Crippen molar-refractivity contribution in [3.8, 4) is 0 Å². The van der Waals surface area contributed by atoms with Crippen molar-refractivity contribution in [3.05, 3.63) is 34.2 Å². The number of pyridine rings is 1. The van der Waals surface area contributed by atoms with E-state index in [9.17, 15) is 9.59 Å². The Morgan fingerprint density at radius 1 is 1.32 bits per heavy atom. The molecular weight excluding hydrogens is 240 g/mol. The summed E-state index contributed by atoms with van der Waals surface area (Å²) >= 11 is 0. The van der Waals surface area contributed by atoms with Gasteiger partial charge in [-0.1, -0.05) is 6.07 Å². The van der Waals surface area contributed by atoms with E-state index in [0.29, 0.717) is 5.56 Å². The maximum atomic E-state index is 12.4. The molecule has 19 heavy (non-hydrogen) atoms. The van der Waals surface area contributed by atoms with Crippen molar-refractivity contribution in [2.45, 2.75) is 58.7 Å². The highest BCUT2D eigenvalue weighted by Crippen LogP contribution is 2.22. The lowest BCUT2D eigenvalue weighted by atomic mass is 9.97. The van der Waals surface area contributed by atoms with Gasteiger partial charge >= 0.3 is 0 Å². The third kappa shape index (κ3) is 2.88. The molecule has 1 saturated heterocycles.